The van der Waals surface area contributed by atoms with Crippen molar-refractivity contribution in [3.8, 4) is 0 Å². The summed E-state index contributed by atoms with van der Waals surface area (Å²) in [6, 6.07) is 0. The molecule has 0 saturated carbocycles. The highest BCUT2D eigenvalue weighted by Crippen LogP contribution is 2.20. The maximum absolute atomic E-state index is 6.19. The number of rotatable bonds is 10. The number of hydrogen-bond acceptors (Lipinski definition) is 3. The Balaban J connectivity index is 2.21. The maximum Gasteiger partial charge on any atom is 0.0707 e. The second-order valence-electron chi connectivity index (χ2n) is 6.88. The Hall–Kier alpha value is -0.120. The van der Waals surface area contributed by atoms with Crippen LogP contribution in [0.15, 0.2) is 0 Å². The van der Waals surface area contributed by atoms with Crippen molar-refractivity contribution in [2.75, 3.05) is 32.7 Å². The molecule has 20 heavy (non-hydrogen) atoms. The Morgan fingerprint density at radius 2 is 1.85 bits per heavy atom. The van der Waals surface area contributed by atoms with Gasteiger partial charge in [0.05, 0.1) is 12.2 Å². The monoisotopic (exact) mass is 284 g/mol. The molecule has 0 bridgehead atoms. The van der Waals surface area contributed by atoms with Crippen LogP contribution in [0.3, 0.4) is 0 Å². The van der Waals surface area contributed by atoms with Crippen molar-refractivity contribution < 1.29 is 4.74 Å². The lowest BCUT2D eigenvalue weighted by Crippen LogP contribution is -2.36. The number of nitrogens with one attached hydrogen (secondary N) is 1. The summed E-state index contributed by atoms with van der Waals surface area (Å²) in [6.45, 7) is 17.0. The number of likely N-dealkylation sites (N-methyl/N-ethyl adjacent to an activating group) is 1. The number of nitrogens with zero attached hydrogens (tertiary/aromatic N) is 1. The third-order valence-electron chi connectivity index (χ3n) is 4.30. The van der Waals surface area contributed by atoms with E-state index >= 15 is 0 Å². The maximum atomic E-state index is 6.19. The molecular formula is C17H36N2O. The van der Waals surface area contributed by atoms with Gasteiger partial charge in [0.25, 0.3) is 0 Å². The molecule has 1 fully saturated rings. The Bertz CT molecular complexity index is 245. The van der Waals surface area contributed by atoms with E-state index in [0.717, 1.165) is 38.0 Å². The van der Waals surface area contributed by atoms with Crippen LogP contribution in [-0.4, -0.2) is 49.8 Å². The minimum Gasteiger partial charge on any atom is -0.372 e. The minimum atomic E-state index is 0.432. The highest BCUT2D eigenvalue weighted by molar-refractivity contribution is 4.78. The van der Waals surface area contributed by atoms with Gasteiger partial charge in [0, 0.05) is 19.6 Å². The van der Waals surface area contributed by atoms with Crippen molar-refractivity contribution in [3.63, 3.8) is 0 Å². The van der Waals surface area contributed by atoms with Crippen molar-refractivity contribution in [2.45, 2.75) is 66.1 Å². The molecule has 1 aliphatic heterocycles. The van der Waals surface area contributed by atoms with E-state index in [1.54, 1.807) is 0 Å². The van der Waals surface area contributed by atoms with Crippen LogP contribution in [0.1, 0.15) is 53.9 Å². The molecule has 1 heterocycles. The SMILES string of the molecule is CCC(C)CN(CC)CC1CCC(CNCC(C)C)O1. The lowest BCUT2D eigenvalue weighted by molar-refractivity contribution is 0.0217. The van der Waals surface area contributed by atoms with Crippen LogP contribution < -0.4 is 5.32 Å². The molecule has 1 N–H and O–H groups in total. The van der Waals surface area contributed by atoms with E-state index in [1.807, 2.05) is 0 Å². The van der Waals surface area contributed by atoms with Gasteiger partial charge in [0.1, 0.15) is 0 Å². The second kappa shape index (κ2) is 9.75. The lowest BCUT2D eigenvalue weighted by atomic mass is 10.1. The van der Waals surface area contributed by atoms with Gasteiger partial charge in [-0.15, -0.1) is 0 Å². The average molecular weight is 284 g/mol. The second-order valence-corrected chi connectivity index (χ2v) is 6.88. The topological polar surface area (TPSA) is 24.5 Å². The fourth-order valence-corrected chi connectivity index (χ4v) is 2.79. The molecule has 0 spiro atoms. The molecule has 0 radical (unpaired) electrons. The third-order valence-corrected chi connectivity index (χ3v) is 4.30. The van der Waals surface area contributed by atoms with Gasteiger partial charge < -0.3 is 15.0 Å². The quantitative estimate of drug-likeness (QED) is 0.667. The first kappa shape index (κ1) is 17.9. The molecule has 0 aromatic rings. The predicted molar refractivity (Wildman–Crippen MR) is 87.2 cm³/mol. The molecule has 3 heteroatoms. The Kier molecular flexibility index (Phi) is 8.74. The minimum absolute atomic E-state index is 0.432. The summed E-state index contributed by atoms with van der Waals surface area (Å²) in [5.41, 5.74) is 0. The zero-order chi connectivity index (χ0) is 15.0. The number of ether oxygens (including phenoxy) is 1. The standard InChI is InChI=1S/C17H36N2O/c1-6-15(5)12-19(7-2)13-17-9-8-16(20-17)11-18-10-14(3)4/h14-18H,6-13H2,1-5H3. The molecule has 0 aromatic heterocycles. The van der Waals surface area contributed by atoms with Crippen LogP contribution in [0.25, 0.3) is 0 Å². The van der Waals surface area contributed by atoms with Crippen LogP contribution in [0, 0.1) is 11.8 Å². The van der Waals surface area contributed by atoms with Crippen LogP contribution >= 0.6 is 0 Å². The highest BCUT2D eigenvalue weighted by Gasteiger charge is 2.26. The summed E-state index contributed by atoms with van der Waals surface area (Å²) >= 11 is 0. The first-order valence-corrected chi connectivity index (χ1v) is 8.63. The van der Waals surface area contributed by atoms with Crippen molar-refractivity contribution in [2.24, 2.45) is 11.8 Å². The van der Waals surface area contributed by atoms with Crippen molar-refractivity contribution >= 4 is 0 Å². The van der Waals surface area contributed by atoms with Crippen molar-refractivity contribution in [3.05, 3.63) is 0 Å². The summed E-state index contributed by atoms with van der Waals surface area (Å²) in [5.74, 6) is 1.51. The Morgan fingerprint density at radius 3 is 2.45 bits per heavy atom. The van der Waals surface area contributed by atoms with Crippen LogP contribution in [0.2, 0.25) is 0 Å². The van der Waals surface area contributed by atoms with Gasteiger partial charge in [-0.3, -0.25) is 0 Å². The smallest absolute Gasteiger partial charge is 0.0707 e. The highest BCUT2D eigenvalue weighted by atomic mass is 16.5. The van der Waals surface area contributed by atoms with E-state index in [4.69, 9.17) is 4.74 Å². The van der Waals surface area contributed by atoms with Gasteiger partial charge >= 0.3 is 0 Å². The van der Waals surface area contributed by atoms with E-state index in [2.05, 4.69) is 44.8 Å². The van der Waals surface area contributed by atoms with E-state index < -0.39 is 0 Å². The molecule has 0 amide bonds. The van der Waals surface area contributed by atoms with Gasteiger partial charge in [0.15, 0.2) is 0 Å². The summed E-state index contributed by atoms with van der Waals surface area (Å²) in [6.07, 6.45) is 4.59. The van der Waals surface area contributed by atoms with E-state index in [-0.39, 0.29) is 0 Å². The molecular weight excluding hydrogens is 248 g/mol. The van der Waals surface area contributed by atoms with E-state index in [9.17, 15) is 0 Å². The van der Waals surface area contributed by atoms with Crippen LogP contribution in [0.4, 0.5) is 0 Å². The summed E-state index contributed by atoms with van der Waals surface area (Å²) in [5, 5.41) is 3.52. The fourth-order valence-electron chi connectivity index (χ4n) is 2.79. The average Bonchev–Trinajstić information content (AvgIpc) is 2.85. The van der Waals surface area contributed by atoms with Gasteiger partial charge in [-0.05, 0) is 37.8 Å². The normalized spacial score (nSPS) is 24.8. The van der Waals surface area contributed by atoms with Crippen molar-refractivity contribution in [1.82, 2.24) is 10.2 Å². The third kappa shape index (κ3) is 7.05. The molecule has 3 nitrogen and oxygen atoms in total. The van der Waals surface area contributed by atoms with Crippen LogP contribution in [-0.2, 0) is 4.74 Å². The largest absolute Gasteiger partial charge is 0.372 e. The van der Waals surface area contributed by atoms with Gasteiger partial charge in [0.2, 0.25) is 0 Å². The van der Waals surface area contributed by atoms with Gasteiger partial charge in [-0.1, -0.05) is 41.0 Å². The summed E-state index contributed by atoms with van der Waals surface area (Å²) < 4.78 is 6.19. The van der Waals surface area contributed by atoms with Gasteiger partial charge in [-0.25, -0.2) is 0 Å². The Labute approximate surface area is 126 Å². The molecule has 3 unspecified atom stereocenters. The fraction of sp³-hybridized carbons (Fsp3) is 1.00. The zero-order valence-corrected chi connectivity index (χ0v) is 14.3. The summed E-state index contributed by atoms with van der Waals surface area (Å²) in [4.78, 5) is 2.56. The molecule has 3 atom stereocenters. The molecule has 120 valence electrons. The molecule has 1 aliphatic rings. The summed E-state index contributed by atoms with van der Waals surface area (Å²) in [7, 11) is 0. The predicted octanol–water partition coefficient (Wildman–Crippen LogP) is 3.15. The Morgan fingerprint density at radius 1 is 1.15 bits per heavy atom. The van der Waals surface area contributed by atoms with Crippen molar-refractivity contribution in [1.29, 1.82) is 0 Å². The van der Waals surface area contributed by atoms with E-state index in [1.165, 1.54) is 25.8 Å². The first-order chi connectivity index (χ1) is 9.55. The zero-order valence-electron chi connectivity index (χ0n) is 14.3. The molecule has 1 rings (SSSR count). The molecule has 0 aliphatic carbocycles. The molecule has 1 saturated heterocycles. The van der Waals surface area contributed by atoms with Crippen LogP contribution in [0.5, 0.6) is 0 Å². The lowest BCUT2D eigenvalue weighted by Gasteiger charge is -2.26. The number of hydrogen-bond donors (Lipinski definition) is 1. The molecule has 0 aromatic carbocycles. The first-order valence-electron chi connectivity index (χ1n) is 8.63. The van der Waals surface area contributed by atoms with Gasteiger partial charge in [-0.2, -0.15) is 0 Å². The van der Waals surface area contributed by atoms with E-state index in [0.29, 0.717) is 12.2 Å².